The van der Waals surface area contributed by atoms with Crippen molar-refractivity contribution in [2.24, 2.45) is 5.10 Å². The van der Waals surface area contributed by atoms with Crippen LogP contribution in [0.2, 0.25) is 5.15 Å². The van der Waals surface area contributed by atoms with Gasteiger partial charge >= 0.3 is 0 Å². The highest BCUT2D eigenvalue weighted by Crippen LogP contribution is 2.33. The first-order chi connectivity index (χ1) is 17.1. The Labute approximate surface area is 214 Å². The number of halogens is 2. The SMILES string of the molecule is COc1cc2cc(/C=N/Nc3nc(-c4ccccc4)c4cc(Br)ccc4n3)c(Cl)nc2cc1OC. The predicted octanol–water partition coefficient (Wildman–Crippen LogP) is 6.72. The van der Waals surface area contributed by atoms with E-state index in [0.29, 0.717) is 33.7 Å². The Morgan fingerprint density at radius 3 is 2.43 bits per heavy atom. The van der Waals surface area contributed by atoms with Gasteiger partial charge in [0.05, 0.1) is 37.2 Å². The molecule has 0 unspecified atom stereocenters. The number of nitrogens with one attached hydrogen (secondary N) is 1. The van der Waals surface area contributed by atoms with Gasteiger partial charge in [0.1, 0.15) is 5.15 Å². The van der Waals surface area contributed by atoms with Crippen LogP contribution in [0.1, 0.15) is 5.56 Å². The highest BCUT2D eigenvalue weighted by atomic mass is 79.9. The molecule has 0 aliphatic carbocycles. The lowest BCUT2D eigenvalue weighted by molar-refractivity contribution is 0.356. The predicted molar refractivity (Wildman–Crippen MR) is 144 cm³/mol. The molecule has 35 heavy (non-hydrogen) atoms. The second-order valence-corrected chi connectivity index (χ2v) is 8.84. The first-order valence-corrected chi connectivity index (χ1v) is 11.8. The van der Waals surface area contributed by atoms with E-state index >= 15 is 0 Å². The van der Waals surface area contributed by atoms with Crippen LogP contribution in [0.4, 0.5) is 5.95 Å². The molecule has 7 nitrogen and oxygen atoms in total. The number of methoxy groups -OCH3 is 2. The zero-order valence-electron chi connectivity index (χ0n) is 18.8. The van der Waals surface area contributed by atoms with Crippen LogP contribution in [0.15, 0.2) is 76.3 Å². The van der Waals surface area contributed by atoms with Gasteiger partial charge in [0.2, 0.25) is 5.95 Å². The summed E-state index contributed by atoms with van der Waals surface area (Å²) in [6.45, 7) is 0. The molecule has 5 rings (SSSR count). The number of benzene rings is 3. The third kappa shape index (κ3) is 4.76. The molecule has 0 atom stereocenters. The molecule has 3 aromatic carbocycles. The molecule has 0 bridgehead atoms. The Bertz CT molecular complexity index is 1580. The number of ether oxygens (including phenoxy) is 2. The van der Waals surface area contributed by atoms with E-state index in [-0.39, 0.29) is 0 Å². The largest absolute Gasteiger partial charge is 0.493 e. The Hall–Kier alpha value is -3.75. The van der Waals surface area contributed by atoms with E-state index in [1.807, 2.05) is 60.7 Å². The summed E-state index contributed by atoms with van der Waals surface area (Å²) in [4.78, 5) is 13.8. The Morgan fingerprint density at radius 1 is 0.886 bits per heavy atom. The summed E-state index contributed by atoms with van der Waals surface area (Å²) in [5, 5.41) is 6.41. The molecule has 0 fully saturated rings. The molecule has 0 aliphatic heterocycles. The van der Waals surface area contributed by atoms with Gasteiger partial charge < -0.3 is 9.47 Å². The highest BCUT2D eigenvalue weighted by molar-refractivity contribution is 9.10. The molecule has 174 valence electrons. The maximum atomic E-state index is 6.41. The van der Waals surface area contributed by atoms with Crippen LogP contribution in [0.5, 0.6) is 11.5 Å². The van der Waals surface area contributed by atoms with Gasteiger partial charge in [-0.15, -0.1) is 0 Å². The van der Waals surface area contributed by atoms with Gasteiger partial charge in [0, 0.05) is 32.4 Å². The highest BCUT2D eigenvalue weighted by Gasteiger charge is 2.12. The van der Waals surface area contributed by atoms with E-state index in [2.05, 4.69) is 36.4 Å². The maximum absolute atomic E-state index is 6.41. The van der Waals surface area contributed by atoms with Gasteiger partial charge in [-0.3, -0.25) is 0 Å². The standard InChI is InChI=1S/C26H19BrClN5O2/c1-34-22-11-16-10-17(25(28)30-21(16)13-23(22)35-2)14-29-33-26-31-20-9-8-18(27)12-19(20)24(32-26)15-6-4-3-5-7-15/h3-14H,1-2H3,(H,31,32,33)/b29-14+. The first-order valence-electron chi connectivity index (χ1n) is 10.6. The lowest BCUT2D eigenvalue weighted by atomic mass is 10.1. The molecule has 0 aliphatic rings. The molecular formula is C26H19BrClN5O2. The quantitative estimate of drug-likeness (QED) is 0.144. The number of hydrogen-bond acceptors (Lipinski definition) is 7. The smallest absolute Gasteiger partial charge is 0.244 e. The van der Waals surface area contributed by atoms with Crippen molar-refractivity contribution in [2.75, 3.05) is 19.6 Å². The number of hydrogen-bond donors (Lipinski definition) is 1. The maximum Gasteiger partial charge on any atom is 0.244 e. The number of pyridine rings is 1. The summed E-state index contributed by atoms with van der Waals surface area (Å²) in [7, 11) is 3.17. The van der Waals surface area contributed by atoms with E-state index in [1.54, 1.807) is 26.5 Å². The van der Waals surface area contributed by atoms with Crippen LogP contribution in [0.25, 0.3) is 33.1 Å². The minimum Gasteiger partial charge on any atom is -0.493 e. The van der Waals surface area contributed by atoms with E-state index in [1.165, 1.54) is 0 Å². The third-order valence-electron chi connectivity index (χ3n) is 5.37. The van der Waals surface area contributed by atoms with Crippen LogP contribution >= 0.6 is 27.5 Å². The Morgan fingerprint density at radius 2 is 1.66 bits per heavy atom. The van der Waals surface area contributed by atoms with Gasteiger partial charge in [-0.1, -0.05) is 57.9 Å². The molecule has 0 saturated carbocycles. The lowest BCUT2D eigenvalue weighted by Crippen LogP contribution is -2.00. The van der Waals surface area contributed by atoms with Crippen molar-refractivity contribution in [1.82, 2.24) is 15.0 Å². The average molecular weight is 549 g/mol. The number of hydrazone groups is 1. The summed E-state index contributed by atoms with van der Waals surface area (Å²) in [5.41, 5.74) is 6.84. The molecule has 0 radical (unpaired) electrons. The zero-order valence-corrected chi connectivity index (χ0v) is 21.1. The molecule has 0 amide bonds. The second kappa shape index (κ2) is 9.85. The van der Waals surface area contributed by atoms with Crippen molar-refractivity contribution in [3.05, 3.63) is 81.9 Å². The summed E-state index contributed by atoms with van der Waals surface area (Å²) in [5.74, 6) is 1.56. The fourth-order valence-corrected chi connectivity index (χ4v) is 4.27. The fourth-order valence-electron chi connectivity index (χ4n) is 3.71. The van der Waals surface area contributed by atoms with Crippen LogP contribution in [0.3, 0.4) is 0 Å². The van der Waals surface area contributed by atoms with Gasteiger partial charge in [-0.2, -0.15) is 5.10 Å². The summed E-state index contributed by atoms with van der Waals surface area (Å²) in [6.07, 6.45) is 1.59. The second-order valence-electron chi connectivity index (χ2n) is 7.56. The van der Waals surface area contributed by atoms with Crippen LogP contribution in [-0.4, -0.2) is 35.4 Å². The van der Waals surface area contributed by atoms with Crippen molar-refractivity contribution in [3.8, 4) is 22.8 Å². The van der Waals surface area contributed by atoms with Crippen molar-refractivity contribution in [2.45, 2.75) is 0 Å². The zero-order chi connectivity index (χ0) is 24.4. The van der Waals surface area contributed by atoms with Crippen molar-refractivity contribution in [1.29, 1.82) is 0 Å². The van der Waals surface area contributed by atoms with Gasteiger partial charge in [-0.25, -0.2) is 20.4 Å². The number of anilines is 1. The third-order valence-corrected chi connectivity index (χ3v) is 6.17. The van der Waals surface area contributed by atoms with Crippen LogP contribution in [0, 0.1) is 0 Å². The minimum atomic E-state index is 0.310. The summed E-state index contributed by atoms with van der Waals surface area (Å²) in [6, 6.07) is 21.4. The van der Waals surface area contributed by atoms with Gasteiger partial charge in [0.15, 0.2) is 11.5 Å². The topological polar surface area (TPSA) is 81.5 Å². The molecule has 0 saturated heterocycles. The molecule has 5 aromatic rings. The number of nitrogens with zero attached hydrogens (tertiary/aromatic N) is 4. The lowest BCUT2D eigenvalue weighted by Gasteiger charge is -2.10. The van der Waals surface area contributed by atoms with E-state index in [0.717, 1.165) is 32.0 Å². The van der Waals surface area contributed by atoms with Crippen molar-refractivity contribution >= 4 is 61.5 Å². The van der Waals surface area contributed by atoms with Gasteiger partial charge in [-0.05, 0) is 30.3 Å². The Kier molecular flexibility index (Phi) is 6.48. The molecule has 2 heterocycles. The molecule has 2 aromatic heterocycles. The minimum absolute atomic E-state index is 0.310. The van der Waals surface area contributed by atoms with Crippen molar-refractivity contribution < 1.29 is 9.47 Å². The number of aromatic nitrogens is 3. The fraction of sp³-hybridized carbons (Fsp3) is 0.0769. The average Bonchev–Trinajstić information content (AvgIpc) is 2.88. The first kappa shape index (κ1) is 23.0. The molecule has 0 spiro atoms. The van der Waals surface area contributed by atoms with E-state index in [9.17, 15) is 0 Å². The molecular weight excluding hydrogens is 530 g/mol. The van der Waals surface area contributed by atoms with Crippen molar-refractivity contribution in [3.63, 3.8) is 0 Å². The number of rotatable bonds is 6. The van der Waals surface area contributed by atoms with E-state index < -0.39 is 0 Å². The molecule has 9 heteroatoms. The van der Waals surface area contributed by atoms with Crippen LogP contribution in [-0.2, 0) is 0 Å². The molecule has 1 N–H and O–H groups in total. The monoisotopic (exact) mass is 547 g/mol. The van der Waals surface area contributed by atoms with E-state index in [4.69, 9.17) is 26.1 Å². The summed E-state index contributed by atoms with van der Waals surface area (Å²) >= 11 is 9.95. The number of fused-ring (bicyclic) bond motifs is 2. The normalized spacial score (nSPS) is 11.3. The van der Waals surface area contributed by atoms with Gasteiger partial charge in [0.25, 0.3) is 0 Å². The summed E-state index contributed by atoms with van der Waals surface area (Å²) < 4.78 is 11.7. The Balaban J connectivity index is 1.49. The van der Waals surface area contributed by atoms with Crippen LogP contribution < -0.4 is 14.9 Å².